The predicted molar refractivity (Wildman–Crippen MR) is 69.8 cm³/mol. The number of hydrogen-bond acceptors (Lipinski definition) is 2. The highest BCUT2D eigenvalue weighted by Crippen LogP contribution is 2.09. The van der Waals surface area contributed by atoms with Crippen molar-refractivity contribution >= 4 is 17.5 Å². The molecule has 1 aromatic rings. The summed E-state index contributed by atoms with van der Waals surface area (Å²) in [5.41, 5.74) is 2.81. The molecule has 4 heteroatoms. The summed E-state index contributed by atoms with van der Waals surface area (Å²) in [6, 6.07) is 5.60. The minimum atomic E-state index is -0.157. The fraction of sp³-hybridized carbons (Fsp3) is 0.462. The molecule has 0 aromatic heterocycles. The zero-order valence-electron chi connectivity index (χ0n) is 10.4. The molecule has 17 heavy (non-hydrogen) atoms. The van der Waals surface area contributed by atoms with E-state index in [1.807, 2.05) is 32.0 Å². The van der Waals surface area contributed by atoms with Gasteiger partial charge in [0.2, 0.25) is 0 Å². The number of alkyl halides is 1. The average molecular weight is 256 g/mol. The molecular weight excluding hydrogens is 238 g/mol. The van der Waals surface area contributed by atoms with E-state index in [1.54, 1.807) is 7.11 Å². The normalized spacial score (nSPS) is 12.2. The van der Waals surface area contributed by atoms with Gasteiger partial charge in [0.1, 0.15) is 0 Å². The van der Waals surface area contributed by atoms with Crippen LogP contribution < -0.4 is 5.32 Å². The maximum absolute atomic E-state index is 12.0. The Hall–Kier alpha value is -1.06. The van der Waals surface area contributed by atoms with Crippen molar-refractivity contribution in [2.75, 3.05) is 19.6 Å². The Morgan fingerprint density at radius 1 is 1.35 bits per heavy atom. The van der Waals surface area contributed by atoms with Gasteiger partial charge in [0.15, 0.2) is 0 Å². The molecular formula is C13H18ClNO2. The van der Waals surface area contributed by atoms with Crippen molar-refractivity contribution in [2.45, 2.75) is 19.9 Å². The summed E-state index contributed by atoms with van der Waals surface area (Å²) in [4.78, 5) is 12.0. The molecule has 1 aromatic carbocycles. The average Bonchev–Trinajstić information content (AvgIpc) is 2.27. The Labute approximate surface area is 107 Å². The lowest BCUT2D eigenvalue weighted by atomic mass is 10.1. The molecule has 0 aliphatic rings. The van der Waals surface area contributed by atoms with E-state index in [4.69, 9.17) is 16.3 Å². The van der Waals surface area contributed by atoms with Crippen molar-refractivity contribution in [3.63, 3.8) is 0 Å². The molecule has 3 nitrogen and oxygen atoms in total. The molecule has 0 bridgehead atoms. The number of aryl methyl sites for hydroxylation is 2. The van der Waals surface area contributed by atoms with Gasteiger partial charge in [-0.05, 0) is 26.0 Å². The third-order valence-electron chi connectivity index (χ3n) is 2.37. The third kappa shape index (κ3) is 4.36. The minimum Gasteiger partial charge on any atom is -0.383 e. The van der Waals surface area contributed by atoms with Crippen LogP contribution in [0.15, 0.2) is 18.2 Å². The number of halogens is 1. The first kappa shape index (κ1) is 14.0. The van der Waals surface area contributed by atoms with Gasteiger partial charge in [0, 0.05) is 18.6 Å². The van der Waals surface area contributed by atoms with E-state index >= 15 is 0 Å². The number of nitrogens with one attached hydrogen (secondary N) is 1. The van der Waals surface area contributed by atoms with Crippen LogP contribution in [0.4, 0.5) is 0 Å². The van der Waals surface area contributed by atoms with Crippen LogP contribution >= 0.6 is 11.6 Å². The molecule has 94 valence electrons. The van der Waals surface area contributed by atoms with E-state index < -0.39 is 0 Å². The Morgan fingerprint density at radius 2 is 1.94 bits per heavy atom. The van der Waals surface area contributed by atoms with Crippen molar-refractivity contribution in [3.05, 3.63) is 34.9 Å². The SMILES string of the molecule is COCC(CCl)NC(=O)c1cc(C)cc(C)c1. The smallest absolute Gasteiger partial charge is 0.251 e. The van der Waals surface area contributed by atoms with Gasteiger partial charge in [-0.25, -0.2) is 0 Å². The second-order valence-electron chi connectivity index (χ2n) is 4.16. The van der Waals surface area contributed by atoms with Crippen LogP contribution in [-0.2, 0) is 4.74 Å². The number of methoxy groups -OCH3 is 1. The third-order valence-corrected chi connectivity index (χ3v) is 2.75. The van der Waals surface area contributed by atoms with Crippen molar-refractivity contribution in [2.24, 2.45) is 0 Å². The van der Waals surface area contributed by atoms with E-state index in [1.165, 1.54) is 0 Å². The molecule has 1 rings (SSSR count). The van der Waals surface area contributed by atoms with Crippen LogP contribution in [0.5, 0.6) is 0 Å². The lowest BCUT2D eigenvalue weighted by Crippen LogP contribution is -2.39. The highest BCUT2D eigenvalue weighted by molar-refractivity contribution is 6.18. The molecule has 0 aliphatic carbocycles. The number of benzene rings is 1. The van der Waals surface area contributed by atoms with Gasteiger partial charge in [-0.1, -0.05) is 17.2 Å². The standard InChI is InChI=1S/C13H18ClNO2/c1-9-4-10(2)6-11(5-9)13(16)15-12(7-14)8-17-3/h4-6,12H,7-8H2,1-3H3,(H,15,16). The second kappa shape index (κ2) is 6.62. The zero-order chi connectivity index (χ0) is 12.8. The van der Waals surface area contributed by atoms with E-state index in [-0.39, 0.29) is 11.9 Å². The van der Waals surface area contributed by atoms with E-state index in [0.717, 1.165) is 11.1 Å². The summed E-state index contributed by atoms with van der Waals surface area (Å²) < 4.78 is 4.98. The molecule has 1 amide bonds. The zero-order valence-corrected chi connectivity index (χ0v) is 11.2. The van der Waals surface area contributed by atoms with Gasteiger partial charge in [-0.15, -0.1) is 11.6 Å². The predicted octanol–water partition coefficient (Wildman–Crippen LogP) is 2.29. The van der Waals surface area contributed by atoms with Crippen LogP contribution in [0.1, 0.15) is 21.5 Å². The van der Waals surface area contributed by atoms with Crippen molar-refractivity contribution in [1.29, 1.82) is 0 Å². The van der Waals surface area contributed by atoms with E-state index in [9.17, 15) is 4.79 Å². The first-order chi connectivity index (χ1) is 8.06. The van der Waals surface area contributed by atoms with Gasteiger partial charge >= 0.3 is 0 Å². The molecule has 0 saturated heterocycles. The number of ether oxygens (including phenoxy) is 1. The highest BCUT2D eigenvalue weighted by atomic mass is 35.5. The number of amides is 1. The van der Waals surface area contributed by atoms with Crippen LogP contribution in [-0.4, -0.2) is 31.5 Å². The molecule has 0 spiro atoms. The molecule has 0 aliphatic heterocycles. The van der Waals surface area contributed by atoms with Crippen molar-refractivity contribution < 1.29 is 9.53 Å². The van der Waals surface area contributed by atoms with Gasteiger partial charge in [-0.2, -0.15) is 0 Å². The van der Waals surface area contributed by atoms with Crippen LogP contribution in [0.2, 0.25) is 0 Å². The fourth-order valence-electron chi connectivity index (χ4n) is 1.70. The van der Waals surface area contributed by atoms with Gasteiger partial charge in [0.25, 0.3) is 5.91 Å². The molecule has 1 N–H and O–H groups in total. The molecule has 1 atom stereocenters. The summed E-state index contributed by atoms with van der Waals surface area (Å²) in [5, 5.41) is 2.84. The van der Waals surface area contributed by atoms with Crippen LogP contribution in [0.3, 0.4) is 0 Å². The van der Waals surface area contributed by atoms with Gasteiger partial charge in [0.05, 0.1) is 12.6 Å². The van der Waals surface area contributed by atoms with Gasteiger partial charge in [-0.3, -0.25) is 4.79 Å². The first-order valence-corrected chi connectivity index (χ1v) is 6.04. The maximum atomic E-state index is 12.0. The monoisotopic (exact) mass is 255 g/mol. The summed E-state index contributed by atoms with van der Waals surface area (Å²) in [7, 11) is 1.59. The Bertz CT molecular complexity index is 373. The quantitative estimate of drug-likeness (QED) is 0.820. The Kier molecular flexibility index (Phi) is 5.45. The number of rotatable bonds is 5. The Balaban J connectivity index is 2.75. The highest BCUT2D eigenvalue weighted by Gasteiger charge is 2.13. The maximum Gasteiger partial charge on any atom is 0.251 e. The Morgan fingerprint density at radius 3 is 2.41 bits per heavy atom. The molecule has 0 fully saturated rings. The topological polar surface area (TPSA) is 38.3 Å². The minimum absolute atomic E-state index is 0.112. The summed E-state index contributed by atoms with van der Waals surface area (Å²) in [6.07, 6.45) is 0. The summed E-state index contributed by atoms with van der Waals surface area (Å²) >= 11 is 5.75. The van der Waals surface area contributed by atoms with Crippen LogP contribution in [0.25, 0.3) is 0 Å². The van der Waals surface area contributed by atoms with Gasteiger partial charge < -0.3 is 10.1 Å². The molecule has 0 saturated carbocycles. The molecule has 0 radical (unpaired) electrons. The summed E-state index contributed by atoms with van der Waals surface area (Å²) in [5.74, 6) is 0.226. The van der Waals surface area contributed by atoms with Crippen molar-refractivity contribution in [1.82, 2.24) is 5.32 Å². The fourth-order valence-corrected chi connectivity index (χ4v) is 1.87. The van der Waals surface area contributed by atoms with E-state index in [2.05, 4.69) is 5.32 Å². The molecule has 1 unspecified atom stereocenters. The lowest BCUT2D eigenvalue weighted by molar-refractivity contribution is 0.0906. The van der Waals surface area contributed by atoms with E-state index in [0.29, 0.717) is 18.1 Å². The van der Waals surface area contributed by atoms with Crippen molar-refractivity contribution in [3.8, 4) is 0 Å². The molecule has 0 heterocycles. The van der Waals surface area contributed by atoms with Crippen LogP contribution in [0, 0.1) is 13.8 Å². The number of hydrogen-bond donors (Lipinski definition) is 1. The summed E-state index contributed by atoms with van der Waals surface area (Å²) in [6.45, 7) is 4.36. The number of carbonyl (C=O) groups excluding carboxylic acids is 1. The lowest BCUT2D eigenvalue weighted by Gasteiger charge is -2.15. The first-order valence-electron chi connectivity index (χ1n) is 5.51. The largest absolute Gasteiger partial charge is 0.383 e. The second-order valence-corrected chi connectivity index (χ2v) is 4.47. The number of carbonyl (C=O) groups is 1.